The van der Waals surface area contributed by atoms with Crippen LogP contribution in [0.2, 0.25) is 0 Å². The minimum atomic E-state index is -2.93. The number of ether oxygens (including phenoxy) is 3. The summed E-state index contributed by atoms with van der Waals surface area (Å²) in [4.78, 5) is 12.5. The Morgan fingerprint density at radius 1 is 1.22 bits per heavy atom. The van der Waals surface area contributed by atoms with E-state index in [-0.39, 0.29) is 46.2 Å². The summed E-state index contributed by atoms with van der Waals surface area (Å²) in [6.07, 6.45) is 1.52. The molecular weight excluding hydrogens is 391 g/mol. The molecule has 7 nitrogen and oxygen atoms in total. The second kappa shape index (κ2) is 9.45. The molecule has 0 aliphatic carbocycles. The van der Waals surface area contributed by atoms with E-state index in [2.05, 4.69) is 19.7 Å². The van der Waals surface area contributed by atoms with Gasteiger partial charge in [0.2, 0.25) is 0 Å². The van der Waals surface area contributed by atoms with E-state index in [0.29, 0.717) is 28.2 Å². The molecule has 0 radical (unpaired) electrons. The summed E-state index contributed by atoms with van der Waals surface area (Å²) in [5.74, 6) is 0.821. The van der Waals surface area contributed by atoms with Crippen molar-refractivity contribution in [3.05, 3.63) is 36.2 Å². The largest absolute Gasteiger partial charge is 1.00 e. The first kappa shape index (κ1) is 21.5. The van der Waals surface area contributed by atoms with Crippen LogP contribution in [-0.2, 0) is 16.6 Å². The molecule has 2 heterocycles. The van der Waals surface area contributed by atoms with Crippen molar-refractivity contribution >= 4 is 21.8 Å². The third-order valence-corrected chi connectivity index (χ3v) is 4.57. The number of hydrogen-bond donors (Lipinski definition) is 0. The molecule has 0 bridgehead atoms. The zero-order valence-electron chi connectivity index (χ0n) is 14.8. The van der Waals surface area contributed by atoms with E-state index in [1.54, 1.807) is 6.07 Å². The van der Waals surface area contributed by atoms with E-state index in [0.717, 1.165) is 0 Å². The van der Waals surface area contributed by atoms with Crippen LogP contribution >= 0.6 is 0 Å². The molecule has 1 aromatic carbocycles. The van der Waals surface area contributed by atoms with Crippen molar-refractivity contribution < 1.29 is 56.8 Å². The molecular formula is C16H14F2N3NaO4S. The molecule has 0 unspecified atom stereocenters. The number of alkyl halides is 2. The standard InChI is InChI=1S/C16H14F2N3O4S.Na/c1-23-13-5-6-19-12(14(13)24-2)8-26(22)16-20-10-4-3-9(25-15(17)18)7-11(10)21-16;/h3-7,15H,8H2,1-2H3;/q-1;+1/t26-;/m1./s1. The maximum Gasteiger partial charge on any atom is 1.00 e. The van der Waals surface area contributed by atoms with Gasteiger partial charge in [0.25, 0.3) is 0 Å². The Hall–Kier alpha value is -1.75. The average Bonchev–Trinajstić information content (AvgIpc) is 3.04. The number of rotatable bonds is 7. The summed E-state index contributed by atoms with van der Waals surface area (Å²) < 4.78 is 52.0. The maximum atomic E-state index is 12.6. The van der Waals surface area contributed by atoms with Crippen molar-refractivity contribution in [2.75, 3.05) is 14.2 Å². The van der Waals surface area contributed by atoms with Crippen molar-refractivity contribution in [3.63, 3.8) is 0 Å². The Balaban J connectivity index is 0.00000261. The van der Waals surface area contributed by atoms with E-state index in [4.69, 9.17) is 9.47 Å². The first-order valence-electron chi connectivity index (χ1n) is 7.35. The molecule has 0 saturated heterocycles. The fourth-order valence-corrected chi connectivity index (χ4v) is 3.32. The Labute approximate surface area is 178 Å². The van der Waals surface area contributed by atoms with E-state index < -0.39 is 17.4 Å². The van der Waals surface area contributed by atoms with Crippen LogP contribution in [0.3, 0.4) is 0 Å². The molecule has 11 heteroatoms. The van der Waals surface area contributed by atoms with Crippen LogP contribution in [-0.4, -0.2) is 35.0 Å². The fraction of sp³-hybridized carbons (Fsp3) is 0.250. The first-order valence-corrected chi connectivity index (χ1v) is 8.67. The third-order valence-electron chi connectivity index (χ3n) is 3.44. The number of nitrogens with zero attached hydrogens (tertiary/aromatic N) is 3. The van der Waals surface area contributed by atoms with Crippen LogP contribution < -0.4 is 48.8 Å². The molecule has 2 aromatic heterocycles. The number of hydrogen-bond acceptors (Lipinski definition) is 6. The van der Waals surface area contributed by atoms with Crippen molar-refractivity contribution in [2.45, 2.75) is 17.5 Å². The van der Waals surface area contributed by atoms with Gasteiger partial charge < -0.3 is 24.2 Å². The van der Waals surface area contributed by atoms with Crippen molar-refractivity contribution in [3.8, 4) is 17.2 Å². The van der Waals surface area contributed by atoms with E-state index in [1.807, 2.05) is 0 Å². The number of halogens is 2. The normalized spacial score (nSPS) is 11.9. The Kier molecular flexibility index (Phi) is 7.54. The van der Waals surface area contributed by atoms with Gasteiger partial charge in [-0.2, -0.15) is 8.78 Å². The zero-order valence-corrected chi connectivity index (χ0v) is 17.6. The summed E-state index contributed by atoms with van der Waals surface area (Å²) in [5, 5.41) is 0.0702. The second-order valence-corrected chi connectivity index (χ2v) is 6.36. The zero-order chi connectivity index (χ0) is 18.7. The van der Waals surface area contributed by atoms with Crippen molar-refractivity contribution in [1.82, 2.24) is 15.0 Å². The second-order valence-electron chi connectivity index (χ2n) is 5.02. The molecule has 3 aromatic rings. The molecule has 0 aliphatic rings. The number of methoxy groups -OCH3 is 2. The quantitative estimate of drug-likeness (QED) is 0.491. The molecule has 138 valence electrons. The topological polar surface area (TPSA) is 84.6 Å². The van der Waals surface area contributed by atoms with Crippen molar-refractivity contribution in [2.24, 2.45) is 0 Å². The van der Waals surface area contributed by atoms with Crippen LogP contribution in [0.4, 0.5) is 8.78 Å². The van der Waals surface area contributed by atoms with E-state index in [9.17, 15) is 13.0 Å². The first-order chi connectivity index (χ1) is 12.5. The molecule has 0 saturated carbocycles. The Bertz CT molecular complexity index is 955. The number of aromatic nitrogens is 3. The summed E-state index contributed by atoms with van der Waals surface area (Å²) in [5.41, 5.74) is 1.18. The van der Waals surface area contributed by atoms with Gasteiger partial charge in [0.05, 0.1) is 36.5 Å². The molecule has 3 rings (SSSR count). The summed E-state index contributed by atoms with van der Waals surface area (Å²) in [6, 6.07) is 5.77. The summed E-state index contributed by atoms with van der Waals surface area (Å²) in [6.45, 7) is -2.93. The van der Waals surface area contributed by atoms with Gasteiger partial charge in [0, 0.05) is 17.4 Å². The number of pyridine rings is 1. The molecule has 27 heavy (non-hydrogen) atoms. The van der Waals surface area contributed by atoms with Gasteiger partial charge in [-0.05, 0) is 23.2 Å². The van der Waals surface area contributed by atoms with Crippen LogP contribution in [0, 0.1) is 0 Å². The number of imidazole rings is 1. The molecule has 1 atom stereocenters. The number of fused-ring (bicyclic) bond motifs is 1. The number of benzene rings is 1. The van der Waals surface area contributed by atoms with Crippen LogP contribution in [0.15, 0.2) is 35.6 Å². The van der Waals surface area contributed by atoms with Gasteiger partial charge in [-0.1, -0.05) is 6.07 Å². The van der Waals surface area contributed by atoms with Gasteiger partial charge in [-0.3, -0.25) is 9.19 Å². The van der Waals surface area contributed by atoms with Gasteiger partial charge in [0.1, 0.15) is 5.75 Å². The Morgan fingerprint density at radius 3 is 2.67 bits per heavy atom. The molecule has 0 spiro atoms. The third kappa shape index (κ3) is 4.95. The summed E-state index contributed by atoms with van der Waals surface area (Å²) in [7, 11) is 1.34. The molecule has 0 amide bonds. The molecule has 0 fully saturated rings. The molecule has 0 N–H and O–H groups in total. The Morgan fingerprint density at radius 2 is 2.00 bits per heavy atom. The monoisotopic (exact) mass is 405 g/mol. The van der Waals surface area contributed by atoms with Crippen molar-refractivity contribution in [1.29, 1.82) is 0 Å². The smallest absolute Gasteiger partial charge is 0.493 e. The van der Waals surface area contributed by atoms with Gasteiger partial charge in [-0.15, -0.1) is 0 Å². The van der Waals surface area contributed by atoms with Gasteiger partial charge >= 0.3 is 36.2 Å². The fourth-order valence-electron chi connectivity index (χ4n) is 2.34. The predicted molar refractivity (Wildman–Crippen MR) is 89.1 cm³/mol. The van der Waals surface area contributed by atoms with Crippen LogP contribution in [0.5, 0.6) is 17.2 Å². The van der Waals surface area contributed by atoms with Gasteiger partial charge in [-0.25, -0.2) is 0 Å². The molecule has 0 aliphatic heterocycles. The predicted octanol–water partition coefficient (Wildman–Crippen LogP) is -0.483. The van der Waals surface area contributed by atoms with Crippen LogP contribution in [0.25, 0.3) is 11.0 Å². The van der Waals surface area contributed by atoms with E-state index >= 15 is 0 Å². The minimum absolute atomic E-state index is 0. The van der Waals surface area contributed by atoms with Crippen LogP contribution in [0.1, 0.15) is 5.69 Å². The summed E-state index contributed by atoms with van der Waals surface area (Å²) >= 11 is 0. The average molecular weight is 405 g/mol. The minimum Gasteiger partial charge on any atom is -0.493 e. The van der Waals surface area contributed by atoms with Gasteiger partial charge in [0.15, 0.2) is 11.5 Å². The van der Waals surface area contributed by atoms with E-state index in [1.165, 1.54) is 38.6 Å². The SMILES string of the molecule is COc1ccnc(C[S@@](=O)c2nc3cc(OC(F)F)ccc3[n-]2)c1OC.[Na+]. The maximum absolute atomic E-state index is 12.6.